The third-order valence-electron chi connectivity index (χ3n) is 2.77. The summed E-state index contributed by atoms with van der Waals surface area (Å²) in [5.74, 6) is -0.712. The lowest BCUT2D eigenvalue weighted by Crippen LogP contribution is -2.12. The number of anilines is 3. The van der Waals surface area contributed by atoms with Crippen LogP contribution in [0.2, 0.25) is 0 Å². The third kappa shape index (κ3) is 3.39. The van der Waals surface area contributed by atoms with Crippen LogP contribution in [-0.2, 0) is 6.18 Å². The summed E-state index contributed by atoms with van der Waals surface area (Å²) in [6, 6.07) is 5.04. The minimum atomic E-state index is -4.60. The van der Waals surface area contributed by atoms with E-state index in [1.807, 2.05) is 0 Å². The predicted octanol–water partition coefficient (Wildman–Crippen LogP) is 3.73. The maximum Gasteiger partial charge on any atom is 0.433 e. The lowest BCUT2D eigenvalue weighted by molar-refractivity contribution is -0.141. The molecule has 2 aromatic rings. The van der Waals surface area contributed by atoms with E-state index in [0.717, 1.165) is 6.07 Å². The molecule has 0 amide bonds. The number of alkyl halides is 3. The molecule has 0 saturated heterocycles. The van der Waals surface area contributed by atoms with Gasteiger partial charge in [0.15, 0.2) is 5.69 Å². The van der Waals surface area contributed by atoms with Crippen molar-refractivity contribution in [1.29, 1.82) is 0 Å². The first kappa shape index (κ1) is 15.0. The number of benzene rings is 1. The first-order valence-electron chi connectivity index (χ1n) is 5.97. The molecule has 21 heavy (non-hydrogen) atoms. The molecule has 0 atom stereocenters. The number of aromatic nitrogens is 2. The minimum Gasteiger partial charge on any atom is -0.357 e. The highest BCUT2D eigenvalue weighted by Gasteiger charge is 2.33. The van der Waals surface area contributed by atoms with Gasteiger partial charge < -0.3 is 10.6 Å². The summed E-state index contributed by atoms with van der Waals surface area (Å²) in [5, 5.41) is 5.12. The van der Waals surface area contributed by atoms with Gasteiger partial charge in [-0.2, -0.15) is 18.2 Å². The molecule has 0 spiro atoms. The van der Waals surface area contributed by atoms with Crippen LogP contribution in [0.1, 0.15) is 11.3 Å². The molecule has 8 heteroatoms. The monoisotopic (exact) mass is 300 g/mol. The Morgan fingerprint density at radius 1 is 1.14 bits per heavy atom. The van der Waals surface area contributed by atoms with Crippen LogP contribution < -0.4 is 10.6 Å². The average Bonchev–Trinajstić information content (AvgIpc) is 2.42. The molecule has 2 N–H and O–H groups in total. The first-order valence-corrected chi connectivity index (χ1v) is 5.97. The van der Waals surface area contributed by atoms with Crippen molar-refractivity contribution in [3.63, 3.8) is 0 Å². The van der Waals surface area contributed by atoms with Crippen molar-refractivity contribution in [2.24, 2.45) is 0 Å². The van der Waals surface area contributed by atoms with Gasteiger partial charge in [0.25, 0.3) is 0 Å². The summed E-state index contributed by atoms with van der Waals surface area (Å²) in [6.07, 6.45) is -4.60. The molecular weight excluding hydrogens is 288 g/mol. The maximum absolute atomic E-state index is 13.4. The Hall–Kier alpha value is -2.38. The fraction of sp³-hybridized carbons (Fsp3) is 0.231. The second-order valence-corrected chi connectivity index (χ2v) is 4.25. The van der Waals surface area contributed by atoms with Gasteiger partial charge in [0, 0.05) is 24.4 Å². The SMILES string of the molecule is CNc1nc(Nc2cccc(F)c2C)cc(C(F)(F)F)n1. The Bertz CT molecular complexity index is 655. The smallest absolute Gasteiger partial charge is 0.357 e. The Labute approximate surface area is 118 Å². The zero-order valence-electron chi connectivity index (χ0n) is 11.2. The Balaban J connectivity index is 2.42. The Morgan fingerprint density at radius 3 is 2.48 bits per heavy atom. The molecule has 0 bridgehead atoms. The van der Waals surface area contributed by atoms with E-state index in [9.17, 15) is 17.6 Å². The Morgan fingerprint density at radius 2 is 1.86 bits per heavy atom. The molecular formula is C13H12F4N4. The summed E-state index contributed by atoms with van der Waals surface area (Å²) in [7, 11) is 1.41. The fourth-order valence-corrected chi connectivity index (χ4v) is 1.65. The summed E-state index contributed by atoms with van der Waals surface area (Å²) >= 11 is 0. The van der Waals surface area contributed by atoms with Crippen LogP contribution in [-0.4, -0.2) is 17.0 Å². The molecule has 1 aromatic carbocycles. The molecule has 2 rings (SSSR count). The highest BCUT2D eigenvalue weighted by molar-refractivity contribution is 5.61. The van der Waals surface area contributed by atoms with Crippen LogP contribution in [0.15, 0.2) is 24.3 Å². The van der Waals surface area contributed by atoms with Gasteiger partial charge in [0.05, 0.1) is 0 Å². The zero-order valence-corrected chi connectivity index (χ0v) is 11.2. The number of hydrogen-bond donors (Lipinski definition) is 2. The van der Waals surface area contributed by atoms with E-state index in [1.165, 1.54) is 26.1 Å². The highest BCUT2D eigenvalue weighted by atomic mass is 19.4. The molecule has 4 nitrogen and oxygen atoms in total. The molecule has 1 heterocycles. The van der Waals surface area contributed by atoms with Crippen LogP contribution in [0.5, 0.6) is 0 Å². The summed E-state index contributed by atoms with van der Waals surface area (Å²) in [4.78, 5) is 7.22. The number of rotatable bonds is 3. The molecule has 0 radical (unpaired) electrons. The second-order valence-electron chi connectivity index (χ2n) is 4.25. The van der Waals surface area contributed by atoms with E-state index in [1.54, 1.807) is 6.07 Å². The van der Waals surface area contributed by atoms with Crippen molar-refractivity contribution in [3.05, 3.63) is 41.3 Å². The lowest BCUT2D eigenvalue weighted by Gasteiger charge is -2.13. The summed E-state index contributed by atoms with van der Waals surface area (Å²) in [6.45, 7) is 1.52. The van der Waals surface area contributed by atoms with E-state index >= 15 is 0 Å². The molecule has 0 unspecified atom stereocenters. The number of nitrogens with zero attached hydrogens (tertiary/aromatic N) is 2. The second kappa shape index (κ2) is 5.55. The fourth-order valence-electron chi connectivity index (χ4n) is 1.65. The quantitative estimate of drug-likeness (QED) is 0.848. The average molecular weight is 300 g/mol. The predicted molar refractivity (Wildman–Crippen MR) is 71.0 cm³/mol. The van der Waals surface area contributed by atoms with Crippen LogP contribution in [0.3, 0.4) is 0 Å². The molecule has 0 fully saturated rings. The van der Waals surface area contributed by atoms with Gasteiger partial charge in [-0.15, -0.1) is 0 Å². The van der Waals surface area contributed by atoms with E-state index in [0.29, 0.717) is 5.69 Å². The van der Waals surface area contributed by atoms with Crippen LogP contribution in [0.25, 0.3) is 0 Å². The van der Waals surface area contributed by atoms with Crippen molar-refractivity contribution >= 4 is 17.5 Å². The first-order chi connectivity index (χ1) is 9.81. The van der Waals surface area contributed by atoms with E-state index in [-0.39, 0.29) is 17.3 Å². The number of hydrogen-bond acceptors (Lipinski definition) is 4. The molecule has 1 aromatic heterocycles. The third-order valence-corrected chi connectivity index (χ3v) is 2.77. The highest BCUT2D eigenvalue weighted by Crippen LogP contribution is 2.30. The van der Waals surface area contributed by atoms with Gasteiger partial charge in [0.2, 0.25) is 5.95 Å². The lowest BCUT2D eigenvalue weighted by atomic mass is 10.2. The summed E-state index contributed by atoms with van der Waals surface area (Å²) < 4.78 is 51.7. The molecule has 0 aliphatic carbocycles. The van der Waals surface area contributed by atoms with Crippen LogP contribution in [0.4, 0.5) is 35.0 Å². The molecule has 0 aliphatic heterocycles. The molecule has 112 valence electrons. The van der Waals surface area contributed by atoms with Gasteiger partial charge in [-0.1, -0.05) is 6.07 Å². The van der Waals surface area contributed by atoms with Gasteiger partial charge in [-0.05, 0) is 19.1 Å². The van der Waals surface area contributed by atoms with Gasteiger partial charge in [0.1, 0.15) is 11.6 Å². The zero-order chi connectivity index (χ0) is 15.6. The standard InChI is InChI=1S/C13H12F4N4/c1-7-8(14)4-3-5-9(7)19-11-6-10(13(15,16)17)20-12(18-2)21-11/h3-6H,1-2H3,(H2,18,19,20,21). The van der Waals surface area contributed by atoms with Gasteiger partial charge >= 0.3 is 6.18 Å². The van der Waals surface area contributed by atoms with Gasteiger partial charge in [-0.3, -0.25) is 0 Å². The van der Waals surface area contributed by atoms with Crippen LogP contribution in [0, 0.1) is 12.7 Å². The van der Waals surface area contributed by atoms with Crippen molar-refractivity contribution in [3.8, 4) is 0 Å². The number of nitrogens with one attached hydrogen (secondary N) is 2. The van der Waals surface area contributed by atoms with Crippen LogP contribution >= 0.6 is 0 Å². The number of halogens is 4. The van der Waals surface area contributed by atoms with Crippen molar-refractivity contribution in [2.45, 2.75) is 13.1 Å². The van der Waals surface area contributed by atoms with Gasteiger partial charge in [-0.25, -0.2) is 9.37 Å². The Kier molecular flexibility index (Phi) is 3.97. The summed E-state index contributed by atoms with van der Waals surface area (Å²) in [5.41, 5.74) is -0.460. The topological polar surface area (TPSA) is 49.8 Å². The molecule has 0 aliphatic rings. The largest absolute Gasteiger partial charge is 0.433 e. The van der Waals surface area contributed by atoms with E-state index in [2.05, 4.69) is 20.6 Å². The normalized spacial score (nSPS) is 11.3. The maximum atomic E-state index is 13.4. The van der Waals surface area contributed by atoms with Crippen molar-refractivity contribution in [2.75, 3.05) is 17.7 Å². The van der Waals surface area contributed by atoms with E-state index < -0.39 is 17.7 Å². The molecule has 0 saturated carbocycles. The minimum absolute atomic E-state index is 0.0737. The van der Waals surface area contributed by atoms with Crippen molar-refractivity contribution in [1.82, 2.24) is 9.97 Å². The van der Waals surface area contributed by atoms with E-state index in [4.69, 9.17) is 0 Å². The van der Waals surface area contributed by atoms with Crippen molar-refractivity contribution < 1.29 is 17.6 Å².